The number of sulfonamides is 1. The van der Waals surface area contributed by atoms with Gasteiger partial charge < -0.3 is 10.2 Å². The maximum atomic E-state index is 13.0. The van der Waals surface area contributed by atoms with Crippen LogP contribution in [0.25, 0.3) is 0 Å². The number of hydrogen-bond acceptors (Lipinski definition) is 4. The number of aryl methyl sites for hydroxylation is 1. The van der Waals surface area contributed by atoms with Gasteiger partial charge in [0.1, 0.15) is 0 Å². The molecule has 1 N–H and O–H groups in total. The molecule has 1 unspecified atom stereocenters. The van der Waals surface area contributed by atoms with Crippen molar-refractivity contribution in [3.63, 3.8) is 0 Å². The molecule has 0 fully saturated rings. The Morgan fingerprint density at radius 2 is 1.96 bits per heavy atom. The van der Waals surface area contributed by atoms with Gasteiger partial charge in [-0.25, -0.2) is 8.42 Å². The molecule has 0 aromatic heterocycles. The number of allylic oxidation sites excluding steroid dienone is 2. The molecule has 2 heterocycles. The molecule has 0 bridgehead atoms. The van der Waals surface area contributed by atoms with E-state index < -0.39 is 10.0 Å². The van der Waals surface area contributed by atoms with Crippen molar-refractivity contribution >= 4 is 21.8 Å². The Labute approximate surface area is 160 Å². The Kier molecular flexibility index (Phi) is 5.51. The topological polar surface area (TPSA) is 78.8 Å². The third-order valence-corrected chi connectivity index (χ3v) is 5.95. The summed E-state index contributed by atoms with van der Waals surface area (Å²) in [5.74, 6) is 0.00608. The Hall–Kier alpha value is -2.41. The second-order valence-corrected chi connectivity index (χ2v) is 8.86. The van der Waals surface area contributed by atoms with Crippen LogP contribution in [0.1, 0.15) is 37.9 Å². The minimum absolute atomic E-state index is 0.0475. The number of carbonyl (C=O) groups excluding carboxylic acids is 1. The van der Waals surface area contributed by atoms with Crippen LogP contribution in [-0.4, -0.2) is 37.4 Å². The highest BCUT2D eigenvalue weighted by molar-refractivity contribution is 7.90. The van der Waals surface area contributed by atoms with Crippen LogP contribution in [0.15, 0.2) is 52.6 Å². The number of amides is 1. The molecule has 144 valence electrons. The molecule has 0 aliphatic carbocycles. The van der Waals surface area contributed by atoms with E-state index in [4.69, 9.17) is 0 Å². The zero-order chi connectivity index (χ0) is 19.6. The second kappa shape index (κ2) is 7.68. The first-order valence-corrected chi connectivity index (χ1v) is 10.8. The Balaban J connectivity index is 1.86. The summed E-state index contributed by atoms with van der Waals surface area (Å²) in [6.07, 6.45) is 6.06. The monoisotopic (exact) mass is 387 g/mol. The van der Waals surface area contributed by atoms with Crippen LogP contribution < -0.4 is 5.32 Å². The van der Waals surface area contributed by atoms with Gasteiger partial charge in [0.15, 0.2) is 5.84 Å². The molecule has 1 aromatic carbocycles. The summed E-state index contributed by atoms with van der Waals surface area (Å²) in [6, 6.07) is 8.03. The van der Waals surface area contributed by atoms with E-state index >= 15 is 0 Å². The number of hydrogen-bond donors (Lipinski definition) is 1. The van der Waals surface area contributed by atoms with Gasteiger partial charge in [0.25, 0.3) is 15.9 Å². The SMILES string of the molecule is CCc1ccc(C(NC(=O)C2=CC=CN3CCS(=O)(=O)N=C23)C(C)C)cc1. The second-order valence-electron chi connectivity index (χ2n) is 7.11. The fraction of sp³-hybridized carbons (Fsp3) is 0.400. The standard InChI is InChI=1S/C20H25N3O3S/c1-4-15-7-9-16(10-8-15)18(14(2)3)21-20(24)17-6-5-11-23-12-13-27(25,26)22-19(17)23/h5-11,14,18H,4,12-13H2,1-3H3,(H,21,24). The molecule has 1 aromatic rings. The van der Waals surface area contributed by atoms with Crippen LogP contribution in [-0.2, 0) is 21.2 Å². The summed E-state index contributed by atoms with van der Waals surface area (Å²) in [6.45, 7) is 6.49. The first kappa shape index (κ1) is 19.4. The fourth-order valence-electron chi connectivity index (χ4n) is 3.21. The zero-order valence-corrected chi connectivity index (χ0v) is 16.7. The number of fused-ring (bicyclic) bond motifs is 1. The molecule has 0 saturated heterocycles. The van der Waals surface area contributed by atoms with E-state index in [1.54, 1.807) is 23.3 Å². The van der Waals surface area contributed by atoms with Gasteiger partial charge in [0.05, 0.1) is 17.4 Å². The Bertz CT molecular complexity index is 912. The lowest BCUT2D eigenvalue weighted by atomic mass is 9.94. The number of amidine groups is 1. The maximum Gasteiger partial charge on any atom is 0.256 e. The molecular formula is C20H25N3O3S. The van der Waals surface area contributed by atoms with E-state index in [0.717, 1.165) is 12.0 Å². The normalized spacial score (nSPS) is 19.2. The Morgan fingerprint density at radius 1 is 1.26 bits per heavy atom. The van der Waals surface area contributed by atoms with Gasteiger partial charge in [-0.05, 0) is 35.6 Å². The molecule has 6 nitrogen and oxygen atoms in total. The number of benzene rings is 1. The predicted molar refractivity (Wildman–Crippen MR) is 107 cm³/mol. The van der Waals surface area contributed by atoms with Gasteiger partial charge in [-0.3, -0.25) is 4.79 Å². The maximum absolute atomic E-state index is 13.0. The third kappa shape index (κ3) is 4.30. The van der Waals surface area contributed by atoms with Crippen LogP contribution in [0.4, 0.5) is 0 Å². The summed E-state index contributed by atoms with van der Waals surface area (Å²) < 4.78 is 27.6. The van der Waals surface area contributed by atoms with Crippen molar-refractivity contribution in [2.45, 2.75) is 33.2 Å². The molecule has 1 amide bonds. The van der Waals surface area contributed by atoms with Crippen LogP contribution in [0.2, 0.25) is 0 Å². The number of rotatable bonds is 5. The minimum Gasteiger partial charge on any atom is -0.345 e. The van der Waals surface area contributed by atoms with E-state index in [2.05, 4.69) is 28.8 Å². The van der Waals surface area contributed by atoms with Gasteiger partial charge in [-0.1, -0.05) is 45.0 Å². The summed E-state index contributed by atoms with van der Waals surface area (Å²) in [5, 5.41) is 3.06. The van der Waals surface area contributed by atoms with Crippen molar-refractivity contribution < 1.29 is 13.2 Å². The summed E-state index contributed by atoms with van der Waals surface area (Å²) >= 11 is 0. The first-order chi connectivity index (χ1) is 12.8. The molecule has 7 heteroatoms. The smallest absolute Gasteiger partial charge is 0.256 e. The highest BCUT2D eigenvalue weighted by atomic mass is 32.2. The van der Waals surface area contributed by atoms with Crippen LogP contribution >= 0.6 is 0 Å². The quantitative estimate of drug-likeness (QED) is 0.842. The van der Waals surface area contributed by atoms with Crippen molar-refractivity contribution in [1.29, 1.82) is 0 Å². The summed E-state index contributed by atoms with van der Waals surface area (Å²) in [4.78, 5) is 14.7. The third-order valence-electron chi connectivity index (χ3n) is 4.80. The lowest BCUT2D eigenvalue weighted by Crippen LogP contribution is -2.43. The Morgan fingerprint density at radius 3 is 2.59 bits per heavy atom. The van der Waals surface area contributed by atoms with Gasteiger partial charge in [0, 0.05) is 12.7 Å². The molecule has 27 heavy (non-hydrogen) atoms. The molecular weight excluding hydrogens is 362 g/mol. The molecule has 2 aliphatic rings. The van der Waals surface area contributed by atoms with Gasteiger partial charge in [0.2, 0.25) is 0 Å². The van der Waals surface area contributed by atoms with E-state index in [1.165, 1.54) is 5.56 Å². The first-order valence-electron chi connectivity index (χ1n) is 9.18. The molecule has 1 atom stereocenters. The van der Waals surface area contributed by atoms with E-state index in [0.29, 0.717) is 6.54 Å². The lowest BCUT2D eigenvalue weighted by Gasteiger charge is -2.30. The zero-order valence-electron chi connectivity index (χ0n) is 15.8. The number of nitrogens with zero attached hydrogens (tertiary/aromatic N) is 2. The fourth-order valence-corrected chi connectivity index (χ4v) is 4.19. The largest absolute Gasteiger partial charge is 0.345 e. The van der Waals surface area contributed by atoms with Crippen LogP contribution in [0.5, 0.6) is 0 Å². The minimum atomic E-state index is -3.53. The van der Waals surface area contributed by atoms with E-state index in [9.17, 15) is 13.2 Å². The highest BCUT2D eigenvalue weighted by Gasteiger charge is 2.31. The molecule has 0 radical (unpaired) electrons. The average molecular weight is 388 g/mol. The summed E-state index contributed by atoms with van der Waals surface area (Å²) in [7, 11) is -3.53. The van der Waals surface area contributed by atoms with Gasteiger partial charge >= 0.3 is 0 Å². The van der Waals surface area contributed by atoms with Crippen molar-refractivity contribution in [1.82, 2.24) is 10.2 Å². The number of carbonyl (C=O) groups is 1. The number of nitrogens with one attached hydrogen (secondary N) is 1. The summed E-state index contributed by atoms with van der Waals surface area (Å²) in [5.41, 5.74) is 2.54. The van der Waals surface area contributed by atoms with Crippen LogP contribution in [0, 0.1) is 5.92 Å². The highest BCUT2D eigenvalue weighted by Crippen LogP contribution is 2.24. The lowest BCUT2D eigenvalue weighted by molar-refractivity contribution is -0.118. The molecule has 0 saturated carbocycles. The molecule has 3 rings (SSSR count). The molecule has 2 aliphatic heterocycles. The van der Waals surface area contributed by atoms with Crippen molar-refractivity contribution in [3.8, 4) is 0 Å². The van der Waals surface area contributed by atoms with Crippen LogP contribution in [0.3, 0.4) is 0 Å². The van der Waals surface area contributed by atoms with E-state index in [1.807, 2.05) is 26.0 Å². The van der Waals surface area contributed by atoms with Gasteiger partial charge in [-0.2, -0.15) is 0 Å². The predicted octanol–water partition coefficient (Wildman–Crippen LogP) is 2.56. The molecule has 0 spiro atoms. The average Bonchev–Trinajstić information content (AvgIpc) is 2.64. The van der Waals surface area contributed by atoms with Crippen molar-refractivity contribution in [3.05, 3.63) is 59.3 Å². The van der Waals surface area contributed by atoms with Crippen molar-refractivity contribution in [2.24, 2.45) is 10.3 Å². The van der Waals surface area contributed by atoms with Gasteiger partial charge in [-0.15, -0.1) is 4.40 Å². The van der Waals surface area contributed by atoms with E-state index in [-0.39, 0.29) is 35.0 Å². The van der Waals surface area contributed by atoms with Crippen molar-refractivity contribution in [2.75, 3.05) is 12.3 Å².